The highest BCUT2D eigenvalue weighted by molar-refractivity contribution is 5.89. The number of hydrogen-bond acceptors (Lipinski definition) is 1. The standard InChI is InChI=1S/C10H16O2/c1-4-6-8(3)7-9(5-2)10(11)12/h5,7-8H,2,4,6H2,1,3H3,(H,11,12)/b9-7+. The summed E-state index contributed by atoms with van der Waals surface area (Å²) < 4.78 is 0. The van der Waals surface area contributed by atoms with Crippen molar-refractivity contribution in [2.75, 3.05) is 0 Å². The smallest absolute Gasteiger partial charge is 0.335 e. The topological polar surface area (TPSA) is 37.3 Å². The highest BCUT2D eigenvalue weighted by atomic mass is 16.4. The molecule has 2 nitrogen and oxygen atoms in total. The molecular weight excluding hydrogens is 152 g/mol. The van der Waals surface area contributed by atoms with Crippen LogP contribution in [0, 0.1) is 5.92 Å². The molecule has 0 spiro atoms. The maximum atomic E-state index is 10.5. The van der Waals surface area contributed by atoms with Crippen LogP contribution in [0.4, 0.5) is 0 Å². The molecule has 0 saturated heterocycles. The molecular formula is C10H16O2. The van der Waals surface area contributed by atoms with Crippen LogP contribution < -0.4 is 0 Å². The Morgan fingerprint density at radius 1 is 1.67 bits per heavy atom. The van der Waals surface area contributed by atoms with Gasteiger partial charge in [-0.2, -0.15) is 0 Å². The van der Waals surface area contributed by atoms with Crippen LogP contribution in [0.2, 0.25) is 0 Å². The van der Waals surface area contributed by atoms with Gasteiger partial charge in [-0.05, 0) is 12.3 Å². The Balaban J connectivity index is 4.27. The van der Waals surface area contributed by atoms with Gasteiger partial charge in [-0.15, -0.1) is 0 Å². The van der Waals surface area contributed by atoms with Crippen molar-refractivity contribution in [2.45, 2.75) is 26.7 Å². The van der Waals surface area contributed by atoms with Gasteiger partial charge in [0, 0.05) is 0 Å². The van der Waals surface area contributed by atoms with Gasteiger partial charge in [0.15, 0.2) is 0 Å². The lowest BCUT2D eigenvalue weighted by Gasteiger charge is -2.03. The van der Waals surface area contributed by atoms with Gasteiger partial charge in [0.05, 0.1) is 5.57 Å². The maximum absolute atomic E-state index is 10.5. The van der Waals surface area contributed by atoms with Gasteiger partial charge in [0.25, 0.3) is 0 Å². The summed E-state index contributed by atoms with van der Waals surface area (Å²) in [7, 11) is 0. The van der Waals surface area contributed by atoms with Crippen LogP contribution in [0.15, 0.2) is 24.3 Å². The first-order chi connectivity index (χ1) is 5.61. The van der Waals surface area contributed by atoms with E-state index in [4.69, 9.17) is 5.11 Å². The van der Waals surface area contributed by atoms with Crippen LogP contribution in [-0.4, -0.2) is 11.1 Å². The highest BCUT2D eigenvalue weighted by Crippen LogP contribution is 2.10. The van der Waals surface area contributed by atoms with Crippen molar-refractivity contribution >= 4 is 5.97 Å². The molecule has 1 unspecified atom stereocenters. The molecule has 0 bridgehead atoms. The van der Waals surface area contributed by atoms with Crippen LogP contribution in [0.1, 0.15) is 26.7 Å². The van der Waals surface area contributed by atoms with E-state index in [2.05, 4.69) is 13.5 Å². The van der Waals surface area contributed by atoms with Crippen LogP contribution in [-0.2, 0) is 4.79 Å². The van der Waals surface area contributed by atoms with Gasteiger partial charge in [-0.25, -0.2) is 4.79 Å². The van der Waals surface area contributed by atoms with Crippen LogP contribution in [0.3, 0.4) is 0 Å². The monoisotopic (exact) mass is 168 g/mol. The Morgan fingerprint density at radius 3 is 2.58 bits per heavy atom. The number of carbonyl (C=O) groups is 1. The summed E-state index contributed by atoms with van der Waals surface area (Å²) in [6.45, 7) is 7.54. The third-order valence-corrected chi connectivity index (χ3v) is 1.67. The molecule has 0 aliphatic carbocycles. The fraction of sp³-hybridized carbons (Fsp3) is 0.500. The molecule has 12 heavy (non-hydrogen) atoms. The Hall–Kier alpha value is -1.05. The van der Waals surface area contributed by atoms with Gasteiger partial charge in [-0.3, -0.25) is 0 Å². The summed E-state index contributed by atoms with van der Waals surface area (Å²) in [6.07, 6.45) is 5.22. The van der Waals surface area contributed by atoms with Crippen molar-refractivity contribution in [2.24, 2.45) is 5.92 Å². The van der Waals surface area contributed by atoms with Gasteiger partial charge in [0.2, 0.25) is 0 Å². The summed E-state index contributed by atoms with van der Waals surface area (Å²) in [4.78, 5) is 10.5. The van der Waals surface area contributed by atoms with Gasteiger partial charge in [-0.1, -0.05) is 39.0 Å². The number of carboxylic acid groups (broad SMARTS) is 1. The van der Waals surface area contributed by atoms with Crippen molar-refractivity contribution in [3.05, 3.63) is 24.3 Å². The summed E-state index contributed by atoms with van der Waals surface area (Å²) in [6, 6.07) is 0. The van der Waals surface area contributed by atoms with Crippen molar-refractivity contribution in [1.29, 1.82) is 0 Å². The van der Waals surface area contributed by atoms with E-state index in [0.29, 0.717) is 11.5 Å². The number of aliphatic carboxylic acids is 1. The van der Waals surface area contributed by atoms with Gasteiger partial charge < -0.3 is 5.11 Å². The second kappa shape index (κ2) is 5.58. The molecule has 0 radical (unpaired) electrons. The number of rotatable bonds is 5. The van der Waals surface area contributed by atoms with E-state index in [-0.39, 0.29) is 0 Å². The molecule has 0 aliphatic rings. The van der Waals surface area contributed by atoms with Crippen LogP contribution in [0.25, 0.3) is 0 Å². The van der Waals surface area contributed by atoms with Crippen molar-refractivity contribution in [3.8, 4) is 0 Å². The molecule has 0 fully saturated rings. The molecule has 0 aromatic rings. The molecule has 0 saturated carbocycles. The fourth-order valence-electron chi connectivity index (χ4n) is 1.07. The Labute approximate surface area is 73.6 Å². The molecule has 2 heteroatoms. The highest BCUT2D eigenvalue weighted by Gasteiger charge is 2.04. The summed E-state index contributed by atoms with van der Waals surface area (Å²) in [5.74, 6) is -0.577. The minimum atomic E-state index is -0.895. The van der Waals surface area contributed by atoms with E-state index in [9.17, 15) is 4.79 Å². The molecule has 0 amide bonds. The lowest BCUT2D eigenvalue weighted by atomic mass is 10.0. The predicted octanol–water partition coefficient (Wildman–Crippen LogP) is 2.62. The molecule has 0 heterocycles. The van der Waals surface area contributed by atoms with Crippen LogP contribution >= 0.6 is 0 Å². The van der Waals surface area contributed by atoms with Crippen LogP contribution in [0.5, 0.6) is 0 Å². The zero-order valence-electron chi connectivity index (χ0n) is 7.71. The normalized spacial score (nSPS) is 14.0. The third-order valence-electron chi connectivity index (χ3n) is 1.67. The zero-order chi connectivity index (χ0) is 9.56. The molecule has 68 valence electrons. The van der Waals surface area contributed by atoms with Crippen molar-refractivity contribution in [1.82, 2.24) is 0 Å². The summed E-state index contributed by atoms with van der Waals surface area (Å²) >= 11 is 0. The Kier molecular flexibility index (Phi) is 5.09. The van der Waals surface area contributed by atoms with Crippen molar-refractivity contribution < 1.29 is 9.90 Å². The maximum Gasteiger partial charge on any atom is 0.335 e. The fourth-order valence-corrected chi connectivity index (χ4v) is 1.07. The second-order valence-electron chi connectivity index (χ2n) is 2.90. The minimum Gasteiger partial charge on any atom is -0.478 e. The average molecular weight is 168 g/mol. The lowest BCUT2D eigenvalue weighted by molar-refractivity contribution is -0.132. The van der Waals surface area contributed by atoms with E-state index in [1.165, 1.54) is 6.08 Å². The van der Waals surface area contributed by atoms with Crippen molar-refractivity contribution in [3.63, 3.8) is 0 Å². The van der Waals surface area contributed by atoms with E-state index in [1.807, 2.05) is 6.92 Å². The quantitative estimate of drug-likeness (QED) is 0.506. The number of carboxylic acids is 1. The lowest BCUT2D eigenvalue weighted by Crippen LogP contribution is -2.00. The Morgan fingerprint density at radius 2 is 2.25 bits per heavy atom. The Bertz CT molecular complexity index is 192. The first-order valence-corrected chi connectivity index (χ1v) is 4.19. The molecule has 0 aliphatic heterocycles. The largest absolute Gasteiger partial charge is 0.478 e. The number of hydrogen-bond donors (Lipinski definition) is 1. The van der Waals surface area contributed by atoms with E-state index < -0.39 is 5.97 Å². The molecule has 0 aromatic heterocycles. The average Bonchev–Trinajstić information content (AvgIpc) is 2.00. The molecule has 1 atom stereocenters. The summed E-state index contributed by atoms with van der Waals surface area (Å²) in [5.41, 5.74) is 0.302. The SMILES string of the molecule is C=C/C(=C\C(C)CCC)C(=O)O. The molecule has 1 N–H and O–H groups in total. The van der Waals surface area contributed by atoms with E-state index in [0.717, 1.165) is 12.8 Å². The van der Waals surface area contributed by atoms with E-state index in [1.54, 1.807) is 6.08 Å². The third kappa shape index (κ3) is 3.96. The first-order valence-electron chi connectivity index (χ1n) is 4.19. The zero-order valence-corrected chi connectivity index (χ0v) is 7.71. The molecule has 0 aromatic carbocycles. The van der Waals surface area contributed by atoms with E-state index >= 15 is 0 Å². The molecule has 0 rings (SSSR count). The minimum absolute atomic E-state index is 0.302. The first kappa shape index (κ1) is 11.0. The van der Waals surface area contributed by atoms with Gasteiger partial charge >= 0.3 is 5.97 Å². The predicted molar refractivity (Wildman–Crippen MR) is 50.0 cm³/mol. The summed E-state index contributed by atoms with van der Waals surface area (Å²) in [5, 5.41) is 8.65. The van der Waals surface area contributed by atoms with Gasteiger partial charge in [0.1, 0.15) is 0 Å². The second-order valence-corrected chi connectivity index (χ2v) is 2.90. The number of allylic oxidation sites excluding steroid dienone is 1.